The minimum Gasteiger partial charge on any atom is -0.358 e. The molecule has 0 aliphatic carbocycles. The number of nitrogens with zero attached hydrogens (tertiary/aromatic N) is 2. The number of hydrogen-bond acceptors (Lipinski definition) is 3. The van der Waals surface area contributed by atoms with Gasteiger partial charge in [-0.3, -0.25) is 9.59 Å². The first-order valence-electron chi connectivity index (χ1n) is 7.50. The van der Waals surface area contributed by atoms with Crippen molar-refractivity contribution in [3.05, 3.63) is 35.8 Å². The van der Waals surface area contributed by atoms with Gasteiger partial charge in [-0.2, -0.15) is 0 Å². The summed E-state index contributed by atoms with van der Waals surface area (Å²) in [6.07, 6.45) is 0. The fourth-order valence-corrected chi connectivity index (χ4v) is 2.97. The third-order valence-corrected chi connectivity index (χ3v) is 4.25. The standard InChI is InChI=1S/C16H19FN4O2/c1-18-15(22)12-9-21(6-5-19-12)16(23)14-8-10-7-11(17)3-4-13(10)20(14)2/h3-4,7-8,12,19H,5-6,9H2,1-2H3,(H,18,22). The fourth-order valence-electron chi connectivity index (χ4n) is 2.97. The molecule has 122 valence electrons. The van der Waals surface area contributed by atoms with Gasteiger partial charge >= 0.3 is 0 Å². The van der Waals surface area contributed by atoms with Gasteiger partial charge in [0.05, 0.1) is 0 Å². The quantitative estimate of drug-likeness (QED) is 0.846. The molecule has 0 saturated carbocycles. The van der Waals surface area contributed by atoms with Gasteiger partial charge in [0.2, 0.25) is 5.91 Å². The van der Waals surface area contributed by atoms with Crippen molar-refractivity contribution in [2.75, 3.05) is 26.7 Å². The van der Waals surface area contributed by atoms with Crippen molar-refractivity contribution in [3.8, 4) is 0 Å². The second-order valence-electron chi connectivity index (χ2n) is 5.66. The van der Waals surface area contributed by atoms with Crippen LogP contribution in [0.5, 0.6) is 0 Å². The predicted molar refractivity (Wildman–Crippen MR) is 84.6 cm³/mol. The zero-order valence-corrected chi connectivity index (χ0v) is 13.1. The van der Waals surface area contributed by atoms with Crippen molar-refractivity contribution < 1.29 is 14.0 Å². The molecule has 0 bridgehead atoms. The fraction of sp³-hybridized carbons (Fsp3) is 0.375. The highest BCUT2D eigenvalue weighted by molar-refractivity contribution is 5.99. The van der Waals surface area contributed by atoms with Gasteiger partial charge in [0, 0.05) is 44.6 Å². The van der Waals surface area contributed by atoms with Gasteiger partial charge in [0.25, 0.3) is 5.91 Å². The number of fused-ring (bicyclic) bond motifs is 1. The molecule has 1 aromatic heterocycles. The Hall–Kier alpha value is -2.41. The van der Waals surface area contributed by atoms with E-state index in [9.17, 15) is 14.0 Å². The molecule has 2 amide bonds. The predicted octanol–water partition coefficient (Wildman–Crippen LogP) is 0.477. The largest absolute Gasteiger partial charge is 0.358 e. The number of carbonyl (C=O) groups excluding carboxylic acids is 2. The summed E-state index contributed by atoms with van der Waals surface area (Å²) in [7, 11) is 3.36. The Morgan fingerprint density at radius 2 is 2.13 bits per heavy atom. The molecule has 1 aliphatic rings. The minimum absolute atomic E-state index is 0.137. The number of amides is 2. The maximum atomic E-state index is 13.4. The third-order valence-electron chi connectivity index (χ3n) is 4.25. The van der Waals surface area contributed by atoms with Crippen molar-refractivity contribution in [2.24, 2.45) is 7.05 Å². The second kappa shape index (κ2) is 6.00. The number of carbonyl (C=O) groups is 2. The van der Waals surface area contributed by atoms with Gasteiger partial charge in [-0.15, -0.1) is 0 Å². The number of likely N-dealkylation sites (N-methyl/N-ethyl adjacent to an activating group) is 1. The van der Waals surface area contributed by atoms with Crippen LogP contribution in [0.2, 0.25) is 0 Å². The van der Waals surface area contributed by atoms with Crippen molar-refractivity contribution in [2.45, 2.75) is 6.04 Å². The molecular formula is C16H19FN4O2. The van der Waals surface area contributed by atoms with Crippen molar-refractivity contribution in [1.29, 1.82) is 0 Å². The van der Waals surface area contributed by atoms with Gasteiger partial charge in [-0.1, -0.05) is 0 Å². The van der Waals surface area contributed by atoms with Crippen LogP contribution < -0.4 is 10.6 Å². The number of aromatic nitrogens is 1. The van der Waals surface area contributed by atoms with Crippen LogP contribution in [0.25, 0.3) is 10.9 Å². The highest BCUT2D eigenvalue weighted by Gasteiger charge is 2.29. The summed E-state index contributed by atoms with van der Waals surface area (Å²) in [6.45, 7) is 1.40. The molecule has 6 nitrogen and oxygen atoms in total. The first kappa shape index (κ1) is 15.5. The highest BCUT2D eigenvalue weighted by atomic mass is 19.1. The van der Waals surface area contributed by atoms with Crippen LogP contribution in [0, 0.1) is 5.82 Å². The van der Waals surface area contributed by atoms with Gasteiger partial charge in [-0.25, -0.2) is 4.39 Å². The lowest BCUT2D eigenvalue weighted by atomic mass is 10.2. The van der Waals surface area contributed by atoms with Gasteiger partial charge in [0.15, 0.2) is 0 Å². The first-order valence-corrected chi connectivity index (χ1v) is 7.50. The van der Waals surface area contributed by atoms with E-state index in [4.69, 9.17) is 0 Å². The average Bonchev–Trinajstić information content (AvgIpc) is 2.89. The number of rotatable bonds is 2. The van der Waals surface area contributed by atoms with Crippen molar-refractivity contribution in [1.82, 2.24) is 20.1 Å². The molecule has 7 heteroatoms. The summed E-state index contributed by atoms with van der Waals surface area (Å²) < 4.78 is 15.1. The molecule has 1 fully saturated rings. The molecular weight excluding hydrogens is 299 g/mol. The Bertz CT molecular complexity index is 771. The molecule has 2 heterocycles. The van der Waals surface area contributed by atoms with E-state index in [1.54, 1.807) is 35.7 Å². The molecule has 1 atom stereocenters. The third kappa shape index (κ3) is 2.79. The van der Waals surface area contributed by atoms with Crippen molar-refractivity contribution >= 4 is 22.7 Å². The Labute approximate surface area is 133 Å². The molecule has 1 saturated heterocycles. The molecule has 1 aromatic carbocycles. The SMILES string of the molecule is CNC(=O)C1CN(C(=O)c2cc3cc(F)ccc3n2C)CCN1. The number of piperazine rings is 1. The van der Waals surface area contributed by atoms with Crippen LogP contribution in [0.4, 0.5) is 4.39 Å². The number of aryl methyl sites for hydroxylation is 1. The number of halogens is 1. The van der Waals surface area contributed by atoms with Gasteiger partial charge < -0.3 is 20.1 Å². The van der Waals surface area contributed by atoms with E-state index in [1.807, 2.05) is 0 Å². The number of nitrogens with one attached hydrogen (secondary N) is 2. The first-order chi connectivity index (χ1) is 11.0. The molecule has 1 unspecified atom stereocenters. The van der Waals surface area contributed by atoms with Crippen LogP contribution in [-0.2, 0) is 11.8 Å². The summed E-state index contributed by atoms with van der Waals surface area (Å²) in [5.74, 6) is -0.620. The van der Waals surface area contributed by atoms with E-state index < -0.39 is 6.04 Å². The second-order valence-corrected chi connectivity index (χ2v) is 5.66. The van der Waals surface area contributed by atoms with E-state index >= 15 is 0 Å². The van der Waals surface area contributed by atoms with Crippen LogP contribution in [0.3, 0.4) is 0 Å². The number of hydrogen-bond donors (Lipinski definition) is 2. The zero-order chi connectivity index (χ0) is 16.6. The monoisotopic (exact) mass is 318 g/mol. The zero-order valence-electron chi connectivity index (χ0n) is 13.1. The lowest BCUT2D eigenvalue weighted by molar-refractivity contribution is -0.123. The normalized spacial score (nSPS) is 18.2. The molecule has 0 radical (unpaired) electrons. The number of benzene rings is 1. The van der Waals surface area contributed by atoms with Gasteiger partial charge in [-0.05, 0) is 24.3 Å². The summed E-state index contributed by atoms with van der Waals surface area (Å²) in [6, 6.07) is 5.73. The minimum atomic E-state index is -0.412. The Morgan fingerprint density at radius 3 is 2.87 bits per heavy atom. The maximum Gasteiger partial charge on any atom is 0.270 e. The van der Waals surface area contributed by atoms with E-state index in [0.29, 0.717) is 30.7 Å². The van der Waals surface area contributed by atoms with E-state index in [2.05, 4.69) is 10.6 Å². The highest BCUT2D eigenvalue weighted by Crippen LogP contribution is 2.21. The van der Waals surface area contributed by atoms with Crippen LogP contribution in [-0.4, -0.2) is 54.0 Å². The Morgan fingerprint density at radius 1 is 1.35 bits per heavy atom. The lowest BCUT2D eigenvalue weighted by Gasteiger charge is -2.32. The van der Waals surface area contributed by atoms with E-state index in [1.165, 1.54) is 12.1 Å². The topological polar surface area (TPSA) is 66.4 Å². The van der Waals surface area contributed by atoms with Crippen LogP contribution in [0.15, 0.2) is 24.3 Å². The molecule has 2 N–H and O–H groups in total. The Balaban J connectivity index is 1.88. The average molecular weight is 318 g/mol. The maximum absolute atomic E-state index is 13.4. The van der Waals surface area contributed by atoms with E-state index in [0.717, 1.165) is 5.52 Å². The summed E-state index contributed by atoms with van der Waals surface area (Å²) >= 11 is 0. The van der Waals surface area contributed by atoms with Crippen molar-refractivity contribution in [3.63, 3.8) is 0 Å². The van der Waals surface area contributed by atoms with E-state index in [-0.39, 0.29) is 17.6 Å². The Kier molecular flexibility index (Phi) is 4.04. The molecule has 1 aliphatic heterocycles. The lowest BCUT2D eigenvalue weighted by Crippen LogP contribution is -2.58. The smallest absolute Gasteiger partial charge is 0.270 e. The summed E-state index contributed by atoms with van der Waals surface area (Å²) in [5.41, 5.74) is 1.29. The molecule has 2 aromatic rings. The van der Waals surface area contributed by atoms with Crippen LogP contribution in [0.1, 0.15) is 10.5 Å². The molecule has 0 spiro atoms. The van der Waals surface area contributed by atoms with Gasteiger partial charge in [0.1, 0.15) is 17.6 Å². The molecule has 23 heavy (non-hydrogen) atoms. The summed E-state index contributed by atoms with van der Waals surface area (Å²) in [4.78, 5) is 26.2. The van der Waals surface area contributed by atoms with Crippen LogP contribution >= 0.6 is 0 Å². The summed E-state index contributed by atoms with van der Waals surface area (Å²) in [5, 5.41) is 6.37. The molecule has 3 rings (SSSR count).